The van der Waals surface area contributed by atoms with E-state index < -0.39 is 11.5 Å². The summed E-state index contributed by atoms with van der Waals surface area (Å²) >= 11 is 1.64. The van der Waals surface area contributed by atoms with Crippen LogP contribution in [0.25, 0.3) is 0 Å². The minimum atomic E-state index is -0.773. The van der Waals surface area contributed by atoms with Gasteiger partial charge in [0.05, 0.1) is 0 Å². The Morgan fingerprint density at radius 1 is 1.58 bits per heavy atom. The molecule has 0 bridgehead atoms. The van der Waals surface area contributed by atoms with Crippen LogP contribution in [-0.4, -0.2) is 34.7 Å². The Hall–Kier alpha value is -0.220. The Balaban J connectivity index is 4.08. The molecule has 0 fully saturated rings. The van der Waals surface area contributed by atoms with Gasteiger partial charge in [0, 0.05) is 5.75 Å². The van der Waals surface area contributed by atoms with E-state index in [1.165, 1.54) is 0 Å². The first-order chi connectivity index (χ1) is 5.56. The van der Waals surface area contributed by atoms with Crippen molar-refractivity contribution in [2.45, 2.75) is 26.3 Å². The molecule has 0 aliphatic carbocycles. The van der Waals surface area contributed by atoms with E-state index in [0.717, 1.165) is 5.75 Å². The van der Waals surface area contributed by atoms with E-state index in [9.17, 15) is 4.79 Å². The molecule has 72 valence electrons. The smallest absolute Gasteiger partial charge is 0.324 e. The second-order valence-corrected chi connectivity index (χ2v) is 4.08. The van der Waals surface area contributed by atoms with Crippen molar-refractivity contribution in [1.29, 1.82) is 0 Å². The molecule has 12 heavy (non-hydrogen) atoms. The number of thioether (sulfide) groups is 1. The molecule has 0 spiro atoms. The van der Waals surface area contributed by atoms with Gasteiger partial charge in [-0.2, -0.15) is 11.8 Å². The van der Waals surface area contributed by atoms with Gasteiger partial charge in [-0.3, -0.25) is 4.79 Å². The fourth-order valence-corrected chi connectivity index (χ4v) is 1.72. The summed E-state index contributed by atoms with van der Waals surface area (Å²) in [5.41, 5.74) is -0.768. The maximum atomic E-state index is 10.8. The van der Waals surface area contributed by atoms with E-state index in [0.29, 0.717) is 12.3 Å². The first kappa shape index (κ1) is 11.8. The molecule has 0 aromatic heterocycles. The van der Waals surface area contributed by atoms with Gasteiger partial charge < -0.3 is 10.4 Å². The normalized spacial score (nSPS) is 15.6. The van der Waals surface area contributed by atoms with E-state index in [4.69, 9.17) is 5.11 Å². The van der Waals surface area contributed by atoms with Crippen LogP contribution in [0.5, 0.6) is 0 Å². The molecular weight excluding hydrogens is 174 g/mol. The van der Waals surface area contributed by atoms with Crippen molar-refractivity contribution in [3.63, 3.8) is 0 Å². The number of hydrogen-bond acceptors (Lipinski definition) is 3. The van der Waals surface area contributed by atoms with Crippen LogP contribution in [0.4, 0.5) is 0 Å². The maximum absolute atomic E-state index is 10.8. The molecule has 0 radical (unpaired) electrons. The van der Waals surface area contributed by atoms with Crippen LogP contribution >= 0.6 is 11.8 Å². The van der Waals surface area contributed by atoms with E-state index in [2.05, 4.69) is 5.32 Å². The van der Waals surface area contributed by atoms with Gasteiger partial charge in [-0.1, -0.05) is 13.8 Å². The number of nitrogens with one attached hydrogen (secondary N) is 1. The lowest BCUT2D eigenvalue weighted by molar-refractivity contribution is -0.143. The lowest BCUT2D eigenvalue weighted by Gasteiger charge is -2.24. The van der Waals surface area contributed by atoms with Crippen molar-refractivity contribution in [3.8, 4) is 0 Å². The summed E-state index contributed by atoms with van der Waals surface area (Å²) in [7, 11) is 0. The van der Waals surface area contributed by atoms with Crippen molar-refractivity contribution in [3.05, 3.63) is 0 Å². The van der Waals surface area contributed by atoms with Crippen LogP contribution in [0.3, 0.4) is 0 Å². The fraction of sp³-hybridized carbons (Fsp3) is 0.875. The number of hydrogen-bond donors (Lipinski definition) is 2. The fourth-order valence-electron chi connectivity index (χ4n) is 0.885. The van der Waals surface area contributed by atoms with E-state index in [1.807, 2.05) is 13.8 Å². The average molecular weight is 191 g/mol. The first-order valence-electron chi connectivity index (χ1n) is 4.13. The summed E-state index contributed by atoms with van der Waals surface area (Å²) in [5, 5.41) is 11.9. The third-order valence-corrected chi connectivity index (χ3v) is 2.82. The SMILES string of the molecule is CCNC(C)(CSCC)C(=O)O. The van der Waals surface area contributed by atoms with Crippen molar-refractivity contribution in [1.82, 2.24) is 5.32 Å². The molecule has 0 saturated heterocycles. The number of rotatable bonds is 6. The number of carbonyl (C=O) groups is 1. The molecule has 2 N–H and O–H groups in total. The van der Waals surface area contributed by atoms with Gasteiger partial charge in [0.2, 0.25) is 0 Å². The van der Waals surface area contributed by atoms with Crippen LogP contribution in [0.1, 0.15) is 20.8 Å². The Morgan fingerprint density at radius 2 is 2.17 bits per heavy atom. The highest BCUT2D eigenvalue weighted by molar-refractivity contribution is 7.99. The topological polar surface area (TPSA) is 49.3 Å². The van der Waals surface area contributed by atoms with Gasteiger partial charge in [0.25, 0.3) is 0 Å². The predicted octanol–water partition coefficient (Wildman–Crippen LogP) is 1.19. The molecule has 3 nitrogen and oxygen atoms in total. The van der Waals surface area contributed by atoms with E-state index in [1.54, 1.807) is 18.7 Å². The number of likely N-dealkylation sites (N-methyl/N-ethyl adjacent to an activating group) is 1. The molecule has 1 atom stereocenters. The lowest BCUT2D eigenvalue weighted by Crippen LogP contribution is -2.51. The molecule has 0 saturated carbocycles. The zero-order valence-electron chi connectivity index (χ0n) is 7.89. The van der Waals surface area contributed by atoms with E-state index >= 15 is 0 Å². The molecule has 0 aromatic carbocycles. The van der Waals surface area contributed by atoms with Gasteiger partial charge in [0.15, 0.2) is 0 Å². The van der Waals surface area contributed by atoms with Crippen LogP contribution in [0.15, 0.2) is 0 Å². The second kappa shape index (κ2) is 5.43. The average Bonchev–Trinajstić information content (AvgIpc) is 2.01. The summed E-state index contributed by atoms with van der Waals surface area (Å²) < 4.78 is 0. The van der Waals surface area contributed by atoms with Gasteiger partial charge >= 0.3 is 5.97 Å². The molecule has 0 aromatic rings. The highest BCUT2D eigenvalue weighted by Gasteiger charge is 2.31. The zero-order chi connectivity index (χ0) is 9.61. The van der Waals surface area contributed by atoms with Crippen LogP contribution < -0.4 is 5.32 Å². The number of aliphatic carboxylic acids is 1. The minimum absolute atomic E-state index is 0.618. The number of carboxylic acids is 1. The Morgan fingerprint density at radius 3 is 2.50 bits per heavy atom. The summed E-state index contributed by atoms with van der Waals surface area (Å²) in [4.78, 5) is 10.8. The van der Waals surface area contributed by atoms with Gasteiger partial charge in [-0.15, -0.1) is 0 Å². The molecule has 1 unspecified atom stereocenters. The molecule has 0 aliphatic rings. The summed E-state index contributed by atoms with van der Waals surface area (Å²) in [6.07, 6.45) is 0. The lowest BCUT2D eigenvalue weighted by atomic mass is 10.1. The standard InChI is InChI=1S/C8H17NO2S/c1-4-9-8(3,7(10)11)6-12-5-2/h9H,4-6H2,1-3H3,(H,10,11). The van der Waals surface area contributed by atoms with Crippen LogP contribution in [0, 0.1) is 0 Å². The van der Waals surface area contributed by atoms with Crippen LogP contribution in [-0.2, 0) is 4.79 Å². The minimum Gasteiger partial charge on any atom is -0.480 e. The Bertz CT molecular complexity index is 152. The van der Waals surface area contributed by atoms with Gasteiger partial charge in [-0.05, 0) is 19.2 Å². The van der Waals surface area contributed by atoms with Crippen molar-refractivity contribution in [2.24, 2.45) is 0 Å². The summed E-state index contributed by atoms with van der Waals surface area (Å²) in [5.74, 6) is 0.798. The Kier molecular flexibility index (Phi) is 5.33. The summed E-state index contributed by atoms with van der Waals surface area (Å²) in [6, 6.07) is 0. The molecular formula is C8H17NO2S. The quantitative estimate of drug-likeness (QED) is 0.662. The predicted molar refractivity (Wildman–Crippen MR) is 52.7 cm³/mol. The van der Waals surface area contributed by atoms with Gasteiger partial charge in [0.1, 0.15) is 5.54 Å². The molecule has 0 heterocycles. The van der Waals surface area contributed by atoms with Crippen LogP contribution in [0.2, 0.25) is 0 Å². The monoisotopic (exact) mass is 191 g/mol. The molecule has 0 amide bonds. The first-order valence-corrected chi connectivity index (χ1v) is 5.28. The highest BCUT2D eigenvalue weighted by Crippen LogP contribution is 2.12. The van der Waals surface area contributed by atoms with Gasteiger partial charge in [-0.25, -0.2) is 0 Å². The molecule has 4 heteroatoms. The second-order valence-electron chi connectivity index (χ2n) is 2.80. The third-order valence-electron chi connectivity index (χ3n) is 1.63. The molecule has 0 rings (SSSR count). The van der Waals surface area contributed by atoms with Crippen molar-refractivity contribution < 1.29 is 9.90 Å². The Labute approximate surface area is 77.9 Å². The van der Waals surface area contributed by atoms with E-state index in [-0.39, 0.29) is 0 Å². The highest BCUT2D eigenvalue weighted by atomic mass is 32.2. The van der Waals surface area contributed by atoms with Crippen molar-refractivity contribution in [2.75, 3.05) is 18.1 Å². The largest absolute Gasteiger partial charge is 0.480 e. The zero-order valence-corrected chi connectivity index (χ0v) is 8.70. The van der Waals surface area contributed by atoms with Crippen molar-refractivity contribution >= 4 is 17.7 Å². The molecule has 0 aliphatic heterocycles. The number of carboxylic acid groups (broad SMARTS) is 1. The summed E-state index contributed by atoms with van der Waals surface area (Å²) in [6.45, 7) is 6.35. The maximum Gasteiger partial charge on any atom is 0.324 e. The third kappa shape index (κ3) is 3.45.